The lowest BCUT2D eigenvalue weighted by atomic mass is 10.1. The van der Waals surface area contributed by atoms with Crippen LogP contribution < -0.4 is 5.32 Å². The van der Waals surface area contributed by atoms with Gasteiger partial charge in [0.25, 0.3) is 0 Å². The number of anilines is 1. The normalized spacial score (nSPS) is 11.0. The lowest BCUT2D eigenvalue weighted by molar-refractivity contribution is -0.114. The molecule has 0 aliphatic heterocycles. The number of thiazole rings is 1. The zero-order valence-corrected chi connectivity index (χ0v) is 15.3. The first-order chi connectivity index (χ1) is 12.5. The van der Waals surface area contributed by atoms with Crippen molar-refractivity contribution in [3.05, 3.63) is 70.0 Å². The number of hydrogen-bond donors (Lipinski definition) is 1. The van der Waals surface area contributed by atoms with Gasteiger partial charge in [-0.25, -0.2) is 4.98 Å². The van der Waals surface area contributed by atoms with E-state index in [1.54, 1.807) is 6.08 Å². The monoisotopic (exact) mass is 359 g/mol. The standard InChI is InChI=1S/C21H17N3OS/c1-14-3-7-17(8-4-14)20-13-26-21(24-20)18(12-22)11-16-5-9-19(10-6-16)23-15(2)25/h3-11,13H,1-2H3,(H,23,25)/b18-11+. The van der Waals surface area contributed by atoms with Gasteiger partial charge in [0.05, 0.1) is 11.3 Å². The molecule has 0 bridgehead atoms. The van der Waals surface area contributed by atoms with Gasteiger partial charge >= 0.3 is 0 Å². The van der Waals surface area contributed by atoms with Gasteiger partial charge in [0, 0.05) is 23.6 Å². The van der Waals surface area contributed by atoms with Gasteiger partial charge in [-0.15, -0.1) is 11.3 Å². The van der Waals surface area contributed by atoms with Gasteiger partial charge in [-0.05, 0) is 30.7 Å². The van der Waals surface area contributed by atoms with Gasteiger partial charge in [0.1, 0.15) is 11.1 Å². The van der Waals surface area contributed by atoms with E-state index in [2.05, 4.69) is 16.4 Å². The van der Waals surface area contributed by atoms with E-state index in [1.165, 1.54) is 23.8 Å². The lowest BCUT2D eigenvalue weighted by Gasteiger charge is -2.02. The highest BCUT2D eigenvalue weighted by Crippen LogP contribution is 2.27. The number of hydrogen-bond acceptors (Lipinski definition) is 4. The number of benzene rings is 2. The number of nitrogens with one attached hydrogen (secondary N) is 1. The number of nitriles is 1. The second-order valence-electron chi connectivity index (χ2n) is 5.88. The minimum atomic E-state index is -0.113. The minimum Gasteiger partial charge on any atom is -0.326 e. The first-order valence-electron chi connectivity index (χ1n) is 8.07. The number of amides is 1. The molecule has 0 saturated carbocycles. The van der Waals surface area contributed by atoms with Crippen LogP contribution in [0.1, 0.15) is 23.1 Å². The highest BCUT2D eigenvalue weighted by Gasteiger charge is 2.09. The molecule has 0 aliphatic rings. The molecule has 0 unspecified atom stereocenters. The third kappa shape index (κ3) is 4.24. The Morgan fingerprint density at radius 2 is 1.85 bits per heavy atom. The summed E-state index contributed by atoms with van der Waals surface area (Å²) in [7, 11) is 0. The Balaban J connectivity index is 1.85. The van der Waals surface area contributed by atoms with E-state index in [1.807, 2.05) is 60.8 Å². The molecule has 1 aromatic heterocycles. The van der Waals surface area contributed by atoms with Gasteiger partial charge in [0.15, 0.2) is 0 Å². The average Bonchev–Trinajstić information content (AvgIpc) is 3.11. The molecule has 4 nitrogen and oxygen atoms in total. The molecule has 2 aromatic carbocycles. The molecule has 0 spiro atoms. The fraction of sp³-hybridized carbons (Fsp3) is 0.0952. The predicted octanol–water partition coefficient (Wildman–Crippen LogP) is 5.14. The van der Waals surface area contributed by atoms with Crippen molar-refractivity contribution in [2.75, 3.05) is 5.32 Å². The topological polar surface area (TPSA) is 65.8 Å². The SMILES string of the molecule is CC(=O)Nc1ccc(/C=C(\C#N)c2nc(-c3ccc(C)cc3)cs2)cc1. The Bertz CT molecular complexity index is 993. The van der Waals surface area contributed by atoms with Crippen LogP contribution in [0.2, 0.25) is 0 Å². The molecular formula is C21H17N3OS. The quantitative estimate of drug-likeness (QED) is 0.656. The van der Waals surface area contributed by atoms with E-state index in [4.69, 9.17) is 0 Å². The van der Waals surface area contributed by atoms with Crippen molar-refractivity contribution in [3.8, 4) is 17.3 Å². The van der Waals surface area contributed by atoms with Crippen LogP contribution in [-0.2, 0) is 4.79 Å². The van der Waals surface area contributed by atoms with Crippen molar-refractivity contribution in [1.82, 2.24) is 4.98 Å². The second-order valence-corrected chi connectivity index (χ2v) is 6.74. The Hall–Kier alpha value is -3.23. The molecule has 3 rings (SSSR count). The van der Waals surface area contributed by atoms with Gasteiger partial charge in [0.2, 0.25) is 5.91 Å². The van der Waals surface area contributed by atoms with Crippen LogP contribution in [0.4, 0.5) is 5.69 Å². The Labute approximate surface area is 156 Å². The van der Waals surface area contributed by atoms with Gasteiger partial charge in [-0.3, -0.25) is 4.79 Å². The maximum Gasteiger partial charge on any atom is 0.221 e. The summed E-state index contributed by atoms with van der Waals surface area (Å²) in [5.41, 5.74) is 5.22. The van der Waals surface area contributed by atoms with E-state index in [0.717, 1.165) is 22.5 Å². The maximum atomic E-state index is 11.1. The van der Waals surface area contributed by atoms with Crippen LogP contribution in [0, 0.1) is 18.3 Å². The van der Waals surface area contributed by atoms with Crippen molar-refractivity contribution < 1.29 is 4.79 Å². The first-order valence-corrected chi connectivity index (χ1v) is 8.95. The molecule has 26 heavy (non-hydrogen) atoms. The van der Waals surface area contributed by atoms with Gasteiger partial charge in [-0.1, -0.05) is 42.0 Å². The molecule has 3 aromatic rings. The summed E-state index contributed by atoms with van der Waals surface area (Å²) in [6, 6.07) is 17.7. The zero-order chi connectivity index (χ0) is 18.5. The molecule has 1 heterocycles. The molecular weight excluding hydrogens is 342 g/mol. The summed E-state index contributed by atoms with van der Waals surface area (Å²) in [5, 5.41) is 14.9. The summed E-state index contributed by atoms with van der Waals surface area (Å²) >= 11 is 1.45. The zero-order valence-electron chi connectivity index (χ0n) is 14.5. The minimum absolute atomic E-state index is 0.113. The summed E-state index contributed by atoms with van der Waals surface area (Å²) < 4.78 is 0. The second kappa shape index (κ2) is 7.77. The number of allylic oxidation sites excluding steroid dienone is 1. The Morgan fingerprint density at radius 3 is 2.46 bits per heavy atom. The third-order valence-electron chi connectivity index (χ3n) is 3.74. The highest BCUT2D eigenvalue weighted by molar-refractivity contribution is 7.11. The third-order valence-corrected chi connectivity index (χ3v) is 4.62. The van der Waals surface area contributed by atoms with Crippen molar-refractivity contribution in [2.24, 2.45) is 0 Å². The number of carbonyl (C=O) groups is 1. The van der Waals surface area contributed by atoms with E-state index >= 15 is 0 Å². The van der Waals surface area contributed by atoms with E-state index in [0.29, 0.717) is 10.6 Å². The Morgan fingerprint density at radius 1 is 1.15 bits per heavy atom. The van der Waals surface area contributed by atoms with Crippen molar-refractivity contribution in [3.63, 3.8) is 0 Å². The van der Waals surface area contributed by atoms with Crippen molar-refractivity contribution >= 4 is 34.6 Å². The molecule has 0 aliphatic carbocycles. The number of aryl methyl sites for hydroxylation is 1. The molecule has 1 N–H and O–H groups in total. The number of carbonyl (C=O) groups excluding carboxylic acids is 1. The highest BCUT2D eigenvalue weighted by atomic mass is 32.1. The van der Waals surface area contributed by atoms with E-state index in [-0.39, 0.29) is 5.91 Å². The Kier molecular flexibility index (Phi) is 5.26. The largest absolute Gasteiger partial charge is 0.326 e. The summed E-state index contributed by atoms with van der Waals surface area (Å²) in [6.45, 7) is 3.51. The van der Waals surface area contributed by atoms with E-state index in [9.17, 15) is 10.1 Å². The summed E-state index contributed by atoms with van der Waals surface area (Å²) in [4.78, 5) is 15.7. The van der Waals surface area contributed by atoms with Crippen LogP contribution in [0.5, 0.6) is 0 Å². The molecule has 1 amide bonds. The van der Waals surface area contributed by atoms with Crippen molar-refractivity contribution in [1.29, 1.82) is 5.26 Å². The first kappa shape index (κ1) is 17.6. The van der Waals surface area contributed by atoms with Crippen LogP contribution >= 0.6 is 11.3 Å². The summed E-state index contributed by atoms with van der Waals surface area (Å²) in [5.74, 6) is -0.113. The molecule has 5 heteroatoms. The van der Waals surface area contributed by atoms with Crippen LogP contribution in [-0.4, -0.2) is 10.9 Å². The van der Waals surface area contributed by atoms with Gasteiger partial charge < -0.3 is 5.32 Å². The lowest BCUT2D eigenvalue weighted by Crippen LogP contribution is -2.05. The van der Waals surface area contributed by atoms with Crippen LogP contribution in [0.3, 0.4) is 0 Å². The smallest absolute Gasteiger partial charge is 0.221 e. The number of nitrogens with zero attached hydrogens (tertiary/aromatic N) is 2. The number of aromatic nitrogens is 1. The molecule has 0 radical (unpaired) electrons. The fourth-order valence-corrected chi connectivity index (χ4v) is 3.22. The van der Waals surface area contributed by atoms with Crippen molar-refractivity contribution in [2.45, 2.75) is 13.8 Å². The maximum absolute atomic E-state index is 11.1. The van der Waals surface area contributed by atoms with Crippen LogP contribution in [0.15, 0.2) is 53.9 Å². The predicted molar refractivity (Wildman–Crippen MR) is 107 cm³/mol. The van der Waals surface area contributed by atoms with Crippen LogP contribution in [0.25, 0.3) is 22.9 Å². The van der Waals surface area contributed by atoms with Gasteiger partial charge in [-0.2, -0.15) is 5.26 Å². The molecule has 0 atom stereocenters. The average molecular weight is 359 g/mol. The summed E-state index contributed by atoms with van der Waals surface area (Å²) in [6.07, 6.45) is 1.80. The van der Waals surface area contributed by atoms with E-state index < -0.39 is 0 Å². The number of rotatable bonds is 4. The molecule has 0 fully saturated rings. The fourth-order valence-electron chi connectivity index (χ4n) is 2.43. The molecule has 128 valence electrons. The molecule has 0 saturated heterocycles.